The number of hydrogen-bond acceptors (Lipinski definition) is 3. The lowest BCUT2D eigenvalue weighted by Gasteiger charge is -2.12. The maximum atomic E-state index is 5.93. The van der Waals surface area contributed by atoms with Gasteiger partial charge in [-0.15, -0.1) is 0 Å². The molecule has 0 fully saturated rings. The van der Waals surface area contributed by atoms with Crippen molar-refractivity contribution in [3.63, 3.8) is 0 Å². The Hall–Kier alpha value is -0.770. The van der Waals surface area contributed by atoms with E-state index in [1.165, 1.54) is 5.56 Å². The third-order valence-corrected chi connectivity index (χ3v) is 3.13. The van der Waals surface area contributed by atoms with E-state index < -0.39 is 0 Å². The zero-order chi connectivity index (χ0) is 9.97. The molecule has 0 aliphatic heterocycles. The third kappa shape index (κ3) is 1.71. The predicted molar refractivity (Wildman–Crippen MR) is 58.9 cm³/mol. The summed E-state index contributed by atoms with van der Waals surface area (Å²) < 4.78 is 5.07. The van der Waals surface area contributed by atoms with Crippen molar-refractivity contribution in [3.05, 3.63) is 45.5 Å². The van der Waals surface area contributed by atoms with Crippen LogP contribution in [0.4, 0.5) is 0 Å². The lowest BCUT2D eigenvalue weighted by molar-refractivity contribution is 0.560. The van der Waals surface area contributed by atoms with Gasteiger partial charge in [-0.2, -0.15) is 11.3 Å². The number of halogens is 1. The fourth-order valence-electron chi connectivity index (χ4n) is 1.45. The van der Waals surface area contributed by atoms with Crippen LogP contribution in [0.3, 0.4) is 0 Å². The number of hydrogen-bond donors (Lipinski definition) is 1. The molecule has 0 aliphatic rings. The van der Waals surface area contributed by atoms with Gasteiger partial charge in [-0.3, -0.25) is 0 Å². The molecule has 0 aliphatic carbocycles. The monoisotopic (exact) mass is 227 g/mol. The summed E-state index contributed by atoms with van der Waals surface area (Å²) in [7, 11) is 1.91. The first kappa shape index (κ1) is 9.77. The number of nitrogens with one attached hydrogen (secondary N) is 1. The Morgan fingerprint density at radius 3 is 2.86 bits per heavy atom. The van der Waals surface area contributed by atoms with Gasteiger partial charge in [-0.25, -0.2) is 0 Å². The van der Waals surface area contributed by atoms with Crippen molar-refractivity contribution in [2.75, 3.05) is 7.05 Å². The van der Waals surface area contributed by atoms with E-state index in [2.05, 4.69) is 16.8 Å². The van der Waals surface area contributed by atoms with E-state index >= 15 is 0 Å². The summed E-state index contributed by atoms with van der Waals surface area (Å²) in [5.74, 6) is 0. The summed E-state index contributed by atoms with van der Waals surface area (Å²) in [6, 6.07) is 4.09. The van der Waals surface area contributed by atoms with E-state index in [-0.39, 0.29) is 6.04 Å². The van der Waals surface area contributed by atoms with Crippen LogP contribution in [-0.2, 0) is 0 Å². The van der Waals surface area contributed by atoms with Gasteiger partial charge in [0.15, 0.2) is 5.22 Å². The first-order valence-corrected chi connectivity index (χ1v) is 5.57. The second kappa shape index (κ2) is 4.17. The highest BCUT2D eigenvalue weighted by molar-refractivity contribution is 7.08. The van der Waals surface area contributed by atoms with Crippen molar-refractivity contribution in [2.45, 2.75) is 6.04 Å². The molecule has 1 unspecified atom stereocenters. The smallest absolute Gasteiger partial charge is 0.198 e. The molecule has 0 bridgehead atoms. The van der Waals surface area contributed by atoms with E-state index in [0.29, 0.717) is 5.22 Å². The Labute approximate surface area is 91.5 Å². The van der Waals surface area contributed by atoms with Gasteiger partial charge in [0.25, 0.3) is 0 Å². The molecule has 4 heteroatoms. The molecule has 2 aromatic rings. The maximum Gasteiger partial charge on any atom is 0.198 e. The summed E-state index contributed by atoms with van der Waals surface area (Å²) in [4.78, 5) is 0. The van der Waals surface area contributed by atoms with Crippen LogP contribution in [0, 0.1) is 0 Å². The fraction of sp³-hybridized carbons (Fsp3) is 0.200. The van der Waals surface area contributed by atoms with Crippen LogP contribution in [0.1, 0.15) is 17.2 Å². The molecule has 1 N–H and O–H groups in total. The first-order chi connectivity index (χ1) is 6.83. The van der Waals surface area contributed by atoms with Crippen LogP contribution in [0.5, 0.6) is 0 Å². The second-order valence-corrected chi connectivity index (χ2v) is 4.05. The Balaban J connectivity index is 2.36. The highest BCUT2D eigenvalue weighted by atomic mass is 35.5. The van der Waals surface area contributed by atoms with E-state index in [1.807, 2.05) is 18.5 Å². The summed E-state index contributed by atoms with van der Waals surface area (Å²) in [5, 5.41) is 7.82. The van der Waals surface area contributed by atoms with Crippen LogP contribution < -0.4 is 5.32 Å². The van der Waals surface area contributed by atoms with Crippen LogP contribution in [0.15, 0.2) is 33.6 Å². The van der Waals surface area contributed by atoms with E-state index in [9.17, 15) is 0 Å². The molecule has 0 aromatic carbocycles. The molecule has 0 saturated heterocycles. The molecular formula is C10H10ClNOS. The van der Waals surface area contributed by atoms with Gasteiger partial charge in [0.1, 0.15) is 0 Å². The molecular weight excluding hydrogens is 218 g/mol. The van der Waals surface area contributed by atoms with Crippen LogP contribution in [-0.4, -0.2) is 7.05 Å². The average Bonchev–Trinajstić information content (AvgIpc) is 2.80. The lowest BCUT2D eigenvalue weighted by Crippen LogP contribution is -2.16. The van der Waals surface area contributed by atoms with Crippen molar-refractivity contribution < 1.29 is 4.42 Å². The molecule has 0 amide bonds. The van der Waals surface area contributed by atoms with Gasteiger partial charge in [0, 0.05) is 5.56 Å². The molecule has 74 valence electrons. The summed E-state index contributed by atoms with van der Waals surface area (Å²) in [6.45, 7) is 0. The minimum absolute atomic E-state index is 0.118. The molecule has 0 radical (unpaired) electrons. The van der Waals surface area contributed by atoms with Crippen molar-refractivity contribution in [3.8, 4) is 0 Å². The quantitative estimate of drug-likeness (QED) is 0.871. The number of thiophene rings is 1. The minimum Gasteiger partial charge on any atom is -0.453 e. The Bertz CT molecular complexity index is 396. The normalized spacial score (nSPS) is 13.0. The largest absolute Gasteiger partial charge is 0.453 e. The molecule has 1 atom stereocenters. The van der Waals surface area contributed by atoms with Crippen LogP contribution in [0.25, 0.3) is 0 Å². The maximum absolute atomic E-state index is 5.93. The van der Waals surface area contributed by atoms with Crippen molar-refractivity contribution in [2.24, 2.45) is 0 Å². The fourth-order valence-corrected chi connectivity index (χ4v) is 2.36. The molecule has 2 rings (SSSR count). The zero-order valence-corrected chi connectivity index (χ0v) is 9.23. The van der Waals surface area contributed by atoms with Crippen molar-refractivity contribution in [1.29, 1.82) is 0 Å². The minimum atomic E-state index is 0.118. The van der Waals surface area contributed by atoms with E-state index in [4.69, 9.17) is 16.0 Å². The Kier molecular flexibility index (Phi) is 2.91. The summed E-state index contributed by atoms with van der Waals surface area (Å²) >= 11 is 7.60. The van der Waals surface area contributed by atoms with Gasteiger partial charge in [-0.1, -0.05) is 0 Å². The lowest BCUT2D eigenvalue weighted by atomic mass is 10.1. The topological polar surface area (TPSA) is 25.2 Å². The zero-order valence-electron chi connectivity index (χ0n) is 7.66. The number of furan rings is 1. The average molecular weight is 228 g/mol. The standard InChI is InChI=1S/C10H10ClNOS/c1-12-9(7-3-5-14-6-7)8-2-4-13-10(8)11/h2-6,9,12H,1H3. The van der Waals surface area contributed by atoms with Crippen molar-refractivity contribution in [1.82, 2.24) is 5.32 Å². The van der Waals surface area contributed by atoms with Crippen LogP contribution in [0.2, 0.25) is 5.22 Å². The van der Waals surface area contributed by atoms with Gasteiger partial charge in [0.05, 0.1) is 12.3 Å². The second-order valence-electron chi connectivity index (χ2n) is 2.93. The highest BCUT2D eigenvalue weighted by Gasteiger charge is 2.17. The van der Waals surface area contributed by atoms with Crippen LogP contribution >= 0.6 is 22.9 Å². The van der Waals surface area contributed by atoms with Gasteiger partial charge in [-0.05, 0) is 47.1 Å². The van der Waals surface area contributed by atoms with Crippen molar-refractivity contribution >= 4 is 22.9 Å². The molecule has 2 aromatic heterocycles. The number of rotatable bonds is 3. The molecule has 0 spiro atoms. The highest BCUT2D eigenvalue weighted by Crippen LogP contribution is 2.29. The van der Waals surface area contributed by atoms with E-state index in [1.54, 1.807) is 17.6 Å². The molecule has 14 heavy (non-hydrogen) atoms. The van der Waals surface area contributed by atoms with Gasteiger partial charge >= 0.3 is 0 Å². The summed E-state index contributed by atoms with van der Waals surface area (Å²) in [6.07, 6.45) is 1.61. The Morgan fingerprint density at radius 2 is 2.36 bits per heavy atom. The van der Waals surface area contributed by atoms with Gasteiger partial charge in [0.2, 0.25) is 0 Å². The molecule has 2 heterocycles. The van der Waals surface area contributed by atoms with Gasteiger partial charge < -0.3 is 9.73 Å². The molecule has 2 nitrogen and oxygen atoms in total. The predicted octanol–water partition coefficient (Wildman–Crippen LogP) is 3.30. The summed E-state index contributed by atoms with van der Waals surface area (Å²) in [5.41, 5.74) is 2.19. The Morgan fingerprint density at radius 1 is 1.50 bits per heavy atom. The third-order valence-electron chi connectivity index (χ3n) is 2.12. The first-order valence-electron chi connectivity index (χ1n) is 4.25. The molecule has 0 saturated carbocycles. The van der Waals surface area contributed by atoms with E-state index in [0.717, 1.165) is 5.56 Å². The SMILES string of the molecule is CNC(c1ccsc1)c1ccoc1Cl.